The second kappa shape index (κ2) is 4.61. The standard InChI is InChI=1S/C16H22N2O2/c1-2-20-16(19)14-8-18(9-17-14)15-12-4-10-3-11(6-12)7-13(15)5-10/h8-13,15H,2-7H2,1H3. The van der Waals surface area contributed by atoms with Crippen molar-refractivity contribution in [3.63, 3.8) is 0 Å². The second-order valence-corrected chi connectivity index (χ2v) is 6.85. The van der Waals surface area contributed by atoms with Crippen molar-refractivity contribution in [3.8, 4) is 0 Å². The van der Waals surface area contributed by atoms with Gasteiger partial charge in [0.15, 0.2) is 5.69 Å². The summed E-state index contributed by atoms with van der Waals surface area (Å²) in [4.78, 5) is 16.0. The Morgan fingerprint density at radius 3 is 2.50 bits per heavy atom. The molecule has 20 heavy (non-hydrogen) atoms. The predicted molar refractivity (Wildman–Crippen MR) is 74.3 cm³/mol. The van der Waals surface area contributed by atoms with Crippen LogP contribution in [0.1, 0.15) is 55.6 Å². The molecule has 0 radical (unpaired) electrons. The molecule has 5 rings (SSSR count). The smallest absolute Gasteiger partial charge is 0.358 e. The summed E-state index contributed by atoms with van der Waals surface area (Å²) in [5, 5.41) is 0. The Bertz CT molecular complexity index is 494. The molecule has 4 aliphatic carbocycles. The summed E-state index contributed by atoms with van der Waals surface area (Å²) >= 11 is 0. The zero-order valence-corrected chi connectivity index (χ0v) is 12.0. The van der Waals surface area contributed by atoms with E-state index in [1.165, 1.54) is 32.1 Å². The molecule has 0 atom stereocenters. The SMILES string of the molecule is CCOC(=O)c1cn(C2C3CC4CC(C3)CC2C4)cn1. The highest BCUT2D eigenvalue weighted by Gasteiger charge is 2.48. The summed E-state index contributed by atoms with van der Waals surface area (Å²) in [5.74, 6) is 3.25. The van der Waals surface area contributed by atoms with E-state index >= 15 is 0 Å². The summed E-state index contributed by atoms with van der Waals surface area (Å²) in [5.41, 5.74) is 0.459. The zero-order chi connectivity index (χ0) is 13.7. The van der Waals surface area contributed by atoms with Crippen LogP contribution in [0.2, 0.25) is 0 Å². The van der Waals surface area contributed by atoms with Gasteiger partial charge in [-0.25, -0.2) is 9.78 Å². The summed E-state index contributed by atoms with van der Waals surface area (Å²) < 4.78 is 7.24. The molecule has 4 nitrogen and oxygen atoms in total. The van der Waals surface area contributed by atoms with Crippen LogP contribution in [0.25, 0.3) is 0 Å². The third-order valence-corrected chi connectivity index (χ3v) is 5.61. The van der Waals surface area contributed by atoms with Crippen molar-refractivity contribution in [1.29, 1.82) is 0 Å². The average molecular weight is 274 g/mol. The number of esters is 1. The number of ether oxygens (including phenoxy) is 1. The topological polar surface area (TPSA) is 44.1 Å². The van der Waals surface area contributed by atoms with E-state index in [4.69, 9.17) is 4.74 Å². The fraction of sp³-hybridized carbons (Fsp3) is 0.750. The maximum absolute atomic E-state index is 11.7. The van der Waals surface area contributed by atoms with Crippen molar-refractivity contribution in [2.24, 2.45) is 23.7 Å². The first kappa shape index (κ1) is 12.4. The first-order valence-corrected chi connectivity index (χ1v) is 7.95. The van der Waals surface area contributed by atoms with Gasteiger partial charge in [-0.3, -0.25) is 0 Å². The molecule has 1 aromatic heterocycles. The van der Waals surface area contributed by atoms with E-state index in [9.17, 15) is 4.79 Å². The fourth-order valence-corrected chi connectivity index (χ4v) is 5.19. The highest BCUT2D eigenvalue weighted by atomic mass is 16.5. The van der Waals surface area contributed by atoms with Gasteiger partial charge in [-0.2, -0.15) is 0 Å². The van der Waals surface area contributed by atoms with Crippen molar-refractivity contribution in [3.05, 3.63) is 18.2 Å². The molecule has 4 heteroatoms. The Kier molecular flexibility index (Phi) is 2.86. The molecular weight excluding hydrogens is 252 g/mol. The molecule has 4 bridgehead atoms. The zero-order valence-electron chi connectivity index (χ0n) is 12.0. The molecular formula is C16H22N2O2. The fourth-order valence-electron chi connectivity index (χ4n) is 5.19. The quantitative estimate of drug-likeness (QED) is 0.796. The number of imidazole rings is 1. The van der Waals surface area contributed by atoms with Gasteiger partial charge in [0, 0.05) is 12.2 Å². The van der Waals surface area contributed by atoms with Gasteiger partial charge in [0.05, 0.1) is 12.9 Å². The van der Waals surface area contributed by atoms with Crippen LogP contribution in [0, 0.1) is 23.7 Å². The Hall–Kier alpha value is -1.32. The van der Waals surface area contributed by atoms with Crippen LogP contribution in [-0.4, -0.2) is 22.1 Å². The van der Waals surface area contributed by atoms with E-state index in [2.05, 4.69) is 9.55 Å². The van der Waals surface area contributed by atoms with Gasteiger partial charge in [-0.15, -0.1) is 0 Å². The Morgan fingerprint density at radius 2 is 1.90 bits per heavy atom. The number of hydrogen-bond donors (Lipinski definition) is 0. The molecule has 0 amide bonds. The normalized spacial score (nSPS) is 38.1. The van der Waals surface area contributed by atoms with Gasteiger partial charge in [0.25, 0.3) is 0 Å². The summed E-state index contributed by atoms with van der Waals surface area (Å²) in [6, 6.07) is 0.568. The minimum atomic E-state index is -0.296. The molecule has 108 valence electrons. The Labute approximate surface area is 119 Å². The second-order valence-electron chi connectivity index (χ2n) is 6.85. The van der Waals surface area contributed by atoms with Crippen molar-refractivity contribution < 1.29 is 9.53 Å². The summed E-state index contributed by atoms with van der Waals surface area (Å²) in [6.45, 7) is 2.23. The number of carbonyl (C=O) groups excluding carboxylic acids is 1. The Morgan fingerprint density at radius 1 is 1.25 bits per heavy atom. The molecule has 1 aromatic rings. The van der Waals surface area contributed by atoms with E-state index in [-0.39, 0.29) is 5.97 Å². The third kappa shape index (κ3) is 1.88. The van der Waals surface area contributed by atoms with Gasteiger partial charge in [0.1, 0.15) is 0 Å². The van der Waals surface area contributed by atoms with Crippen LogP contribution < -0.4 is 0 Å². The number of nitrogens with zero attached hydrogens (tertiary/aromatic N) is 2. The van der Waals surface area contributed by atoms with Gasteiger partial charge in [0.2, 0.25) is 0 Å². The summed E-state index contributed by atoms with van der Waals surface area (Å²) in [6.07, 6.45) is 10.7. The molecule has 4 aliphatic rings. The molecule has 0 spiro atoms. The Balaban J connectivity index is 1.57. The number of rotatable bonds is 3. The van der Waals surface area contributed by atoms with E-state index in [0.29, 0.717) is 18.3 Å². The lowest BCUT2D eigenvalue weighted by molar-refractivity contribution is -0.0292. The van der Waals surface area contributed by atoms with Crippen LogP contribution in [0.4, 0.5) is 0 Å². The average Bonchev–Trinajstić information content (AvgIpc) is 2.87. The van der Waals surface area contributed by atoms with Crippen LogP contribution in [0.5, 0.6) is 0 Å². The number of carbonyl (C=O) groups is 1. The highest BCUT2D eigenvalue weighted by Crippen LogP contribution is 2.58. The van der Waals surface area contributed by atoms with Crippen LogP contribution in [-0.2, 0) is 4.74 Å². The molecule has 0 unspecified atom stereocenters. The van der Waals surface area contributed by atoms with Crippen LogP contribution in [0.15, 0.2) is 12.5 Å². The molecule has 4 saturated carbocycles. The molecule has 0 saturated heterocycles. The van der Waals surface area contributed by atoms with Gasteiger partial charge >= 0.3 is 5.97 Å². The monoisotopic (exact) mass is 274 g/mol. The largest absolute Gasteiger partial charge is 0.461 e. The van der Waals surface area contributed by atoms with Crippen LogP contribution >= 0.6 is 0 Å². The third-order valence-electron chi connectivity index (χ3n) is 5.61. The van der Waals surface area contributed by atoms with E-state index < -0.39 is 0 Å². The van der Waals surface area contributed by atoms with E-state index in [1.807, 2.05) is 19.4 Å². The molecule has 0 aromatic carbocycles. The maximum Gasteiger partial charge on any atom is 0.358 e. The molecule has 0 aliphatic heterocycles. The first-order valence-electron chi connectivity index (χ1n) is 7.95. The van der Waals surface area contributed by atoms with Gasteiger partial charge in [-0.1, -0.05) is 0 Å². The van der Waals surface area contributed by atoms with Crippen molar-refractivity contribution in [2.45, 2.75) is 45.1 Å². The predicted octanol–water partition coefficient (Wildman–Crippen LogP) is 3.06. The van der Waals surface area contributed by atoms with E-state index in [1.54, 1.807) is 0 Å². The van der Waals surface area contributed by atoms with Gasteiger partial charge < -0.3 is 9.30 Å². The minimum Gasteiger partial charge on any atom is -0.461 e. The van der Waals surface area contributed by atoms with Crippen molar-refractivity contribution >= 4 is 5.97 Å². The lowest BCUT2D eigenvalue weighted by Crippen LogP contribution is -2.45. The minimum absolute atomic E-state index is 0.296. The van der Waals surface area contributed by atoms with Crippen LogP contribution in [0.3, 0.4) is 0 Å². The lowest BCUT2D eigenvalue weighted by atomic mass is 9.54. The highest BCUT2D eigenvalue weighted by molar-refractivity contribution is 5.86. The van der Waals surface area contributed by atoms with Crippen molar-refractivity contribution in [2.75, 3.05) is 6.61 Å². The first-order chi connectivity index (χ1) is 9.74. The number of aromatic nitrogens is 2. The number of hydrogen-bond acceptors (Lipinski definition) is 3. The maximum atomic E-state index is 11.7. The molecule has 1 heterocycles. The molecule has 4 fully saturated rings. The molecule has 0 N–H and O–H groups in total. The summed E-state index contributed by atoms with van der Waals surface area (Å²) in [7, 11) is 0. The van der Waals surface area contributed by atoms with E-state index in [0.717, 1.165) is 23.7 Å². The lowest BCUT2D eigenvalue weighted by Gasteiger charge is -2.54. The van der Waals surface area contributed by atoms with Gasteiger partial charge in [-0.05, 0) is 62.7 Å². The van der Waals surface area contributed by atoms with Crippen molar-refractivity contribution in [1.82, 2.24) is 9.55 Å².